The average molecular weight is 265 g/mol. The predicted molar refractivity (Wildman–Crippen MR) is 72.1 cm³/mol. The van der Waals surface area contributed by atoms with Gasteiger partial charge in [-0.1, -0.05) is 25.5 Å². The number of carbonyl (C=O) groups is 2. The Morgan fingerprint density at radius 1 is 1.53 bits per heavy atom. The van der Waals surface area contributed by atoms with Crippen LogP contribution >= 0.6 is 0 Å². The van der Waals surface area contributed by atoms with Crippen LogP contribution in [0.3, 0.4) is 0 Å². The number of hydrogen-bond donors (Lipinski definition) is 0. The van der Waals surface area contributed by atoms with Crippen molar-refractivity contribution in [2.75, 3.05) is 6.54 Å². The van der Waals surface area contributed by atoms with Crippen LogP contribution in [0.25, 0.3) is 0 Å². The molecule has 3 unspecified atom stereocenters. The van der Waals surface area contributed by atoms with Gasteiger partial charge in [0.05, 0.1) is 0 Å². The van der Waals surface area contributed by atoms with Crippen LogP contribution in [0.1, 0.15) is 46.5 Å². The minimum Gasteiger partial charge on any atom is -0.440 e. The molecule has 2 aliphatic rings. The van der Waals surface area contributed by atoms with Crippen LogP contribution in [0.5, 0.6) is 0 Å². The highest BCUT2D eigenvalue weighted by Crippen LogP contribution is 2.35. The number of rotatable bonds is 3. The summed E-state index contributed by atoms with van der Waals surface area (Å²) in [7, 11) is 0. The molecule has 4 nitrogen and oxygen atoms in total. The number of nitrogens with zero attached hydrogens (tertiary/aromatic N) is 1. The number of carbonyl (C=O) groups excluding carboxylic acids is 2. The summed E-state index contributed by atoms with van der Waals surface area (Å²) in [4.78, 5) is 25.3. The molecule has 0 aromatic rings. The van der Waals surface area contributed by atoms with Crippen molar-refractivity contribution in [3.63, 3.8) is 0 Å². The molecule has 1 aliphatic carbocycles. The van der Waals surface area contributed by atoms with Crippen molar-refractivity contribution in [3.8, 4) is 0 Å². The molecule has 0 aromatic carbocycles. The van der Waals surface area contributed by atoms with Crippen LogP contribution in [0.2, 0.25) is 0 Å². The second kappa shape index (κ2) is 5.76. The summed E-state index contributed by atoms with van der Waals surface area (Å²) in [6.07, 6.45) is 5.18. The quantitative estimate of drug-likeness (QED) is 0.582. The number of cyclic esters (lactones) is 1. The third-order valence-corrected chi connectivity index (χ3v) is 4.10. The van der Waals surface area contributed by atoms with Crippen LogP contribution in [0.4, 0.5) is 0 Å². The SMILES string of the molecule is CCCC(=O)N1CC(=O)OC1C1CCC(C)=CC1C. The van der Waals surface area contributed by atoms with Gasteiger partial charge in [-0.15, -0.1) is 0 Å². The molecule has 0 radical (unpaired) electrons. The molecule has 2 rings (SSSR count). The summed E-state index contributed by atoms with van der Waals surface area (Å²) in [6.45, 7) is 6.37. The highest BCUT2D eigenvalue weighted by Gasteiger charge is 2.42. The van der Waals surface area contributed by atoms with E-state index < -0.39 is 0 Å². The third-order valence-electron chi connectivity index (χ3n) is 4.10. The molecule has 1 aliphatic heterocycles. The van der Waals surface area contributed by atoms with Gasteiger partial charge in [-0.05, 0) is 32.1 Å². The van der Waals surface area contributed by atoms with E-state index in [4.69, 9.17) is 4.74 Å². The molecule has 3 atom stereocenters. The second-order valence-electron chi connectivity index (χ2n) is 5.73. The summed E-state index contributed by atoms with van der Waals surface area (Å²) in [5.41, 5.74) is 1.39. The van der Waals surface area contributed by atoms with E-state index in [1.807, 2.05) is 6.92 Å². The topological polar surface area (TPSA) is 46.6 Å². The predicted octanol–water partition coefficient (Wildman–Crippen LogP) is 2.49. The zero-order valence-corrected chi connectivity index (χ0v) is 12.0. The fourth-order valence-electron chi connectivity index (χ4n) is 3.09. The van der Waals surface area contributed by atoms with Crippen molar-refractivity contribution in [3.05, 3.63) is 11.6 Å². The first kappa shape index (κ1) is 14.1. The van der Waals surface area contributed by atoms with E-state index in [0.29, 0.717) is 12.3 Å². The fraction of sp³-hybridized carbons (Fsp3) is 0.733. The van der Waals surface area contributed by atoms with Gasteiger partial charge in [0.2, 0.25) is 5.91 Å². The van der Waals surface area contributed by atoms with Crippen LogP contribution in [0.15, 0.2) is 11.6 Å². The van der Waals surface area contributed by atoms with Crippen molar-refractivity contribution in [1.29, 1.82) is 0 Å². The first-order valence-electron chi connectivity index (χ1n) is 7.19. The molecule has 19 heavy (non-hydrogen) atoms. The molecule has 0 saturated carbocycles. The van der Waals surface area contributed by atoms with E-state index in [0.717, 1.165) is 19.3 Å². The Morgan fingerprint density at radius 2 is 2.26 bits per heavy atom. The summed E-state index contributed by atoms with van der Waals surface area (Å²) >= 11 is 0. The zero-order chi connectivity index (χ0) is 14.0. The third kappa shape index (κ3) is 2.99. The van der Waals surface area contributed by atoms with E-state index in [1.54, 1.807) is 4.90 Å². The average Bonchev–Trinajstić information content (AvgIpc) is 2.71. The monoisotopic (exact) mass is 265 g/mol. The maximum absolute atomic E-state index is 12.1. The van der Waals surface area contributed by atoms with Gasteiger partial charge in [0.1, 0.15) is 6.54 Å². The number of hydrogen-bond acceptors (Lipinski definition) is 3. The van der Waals surface area contributed by atoms with Crippen LogP contribution in [-0.2, 0) is 14.3 Å². The van der Waals surface area contributed by atoms with E-state index in [-0.39, 0.29) is 30.6 Å². The minimum atomic E-state index is -0.356. The fourth-order valence-corrected chi connectivity index (χ4v) is 3.09. The molecule has 4 heteroatoms. The highest BCUT2D eigenvalue weighted by atomic mass is 16.6. The maximum atomic E-state index is 12.1. The molecule has 1 amide bonds. The van der Waals surface area contributed by atoms with E-state index in [1.165, 1.54) is 5.57 Å². The molecule has 1 fully saturated rings. The molecule has 0 aromatic heterocycles. The van der Waals surface area contributed by atoms with Crippen molar-refractivity contribution in [2.24, 2.45) is 11.8 Å². The normalized spacial score (nSPS) is 31.1. The Hall–Kier alpha value is -1.32. The van der Waals surface area contributed by atoms with E-state index in [2.05, 4.69) is 19.9 Å². The summed E-state index contributed by atoms with van der Waals surface area (Å²) in [6, 6.07) is 0. The molecule has 0 spiro atoms. The largest absolute Gasteiger partial charge is 0.440 e. The Balaban J connectivity index is 2.13. The summed E-state index contributed by atoms with van der Waals surface area (Å²) in [5.74, 6) is 0.349. The van der Waals surface area contributed by atoms with Crippen molar-refractivity contribution in [1.82, 2.24) is 4.90 Å². The number of ether oxygens (including phenoxy) is 1. The summed E-state index contributed by atoms with van der Waals surface area (Å²) in [5, 5.41) is 0. The van der Waals surface area contributed by atoms with E-state index >= 15 is 0 Å². The van der Waals surface area contributed by atoms with Crippen LogP contribution in [-0.4, -0.2) is 29.5 Å². The van der Waals surface area contributed by atoms with Gasteiger partial charge in [-0.2, -0.15) is 0 Å². The van der Waals surface area contributed by atoms with Crippen molar-refractivity contribution < 1.29 is 14.3 Å². The van der Waals surface area contributed by atoms with Gasteiger partial charge in [0.25, 0.3) is 0 Å². The number of esters is 1. The zero-order valence-electron chi connectivity index (χ0n) is 12.0. The lowest BCUT2D eigenvalue weighted by Crippen LogP contribution is -2.43. The van der Waals surface area contributed by atoms with Gasteiger partial charge in [-0.25, -0.2) is 0 Å². The second-order valence-corrected chi connectivity index (χ2v) is 5.73. The number of allylic oxidation sites excluding steroid dienone is 2. The Bertz CT molecular complexity index is 402. The first-order valence-corrected chi connectivity index (χ1v) is 7.19. The maximum Gasteiger partial charge on any atom is 0.327 e. The first-order chi connectivity index (χ1) is 9.02. The lowest BCUT2D eigenvalue weighted by Gasteiger charge is -2.34. The Kier molecular flexibility index (Phi) is 4.27. The van der Waals surface area contributed by atoms with Gasteiger partial charge in [-0.3, -0.25) is 14.5 Å². The van der Waals surface area contributed by atoms with Crippen molar-refractivity contribution >= 4 is 11.9 Å². The van der Waals surface area contributed by atoms with Gasteiger partial charge in [0, 0.05) is 12.3 Å². The van der Waals surface area contributed by atoms with Crippen LogP contribution < -0.4 is 0 Å². The minimum absolute atomic E-state index is 0.0387. The molecule has 1 saturated heterocycles. The van der Waals surface area contributed by atoms with Gasteiger partial charge in [0.15, 0.2) is 6.23 Å². The smallest absolute Gasteiger partial charge is 0.327 e. The Labute approximate surface area is 114 Å². The molecule has 0 N–H and O–H groups in total. The Morgan fingerprint density at radius 3 is 2.89 bits per heavy atom. The lowest BCUT2D eigenvalue weighted by molar-refractivity contribution is -0.148. The standard InChI is InChI=1S/C15H23NO3/c1-4-5-13(17)16-9-14(18)19-15(16)12-7-6-10(2)8-11(12)3/h8,11-12,15H,4-7,9H2,1-3H3. The van der Waals surface area contributed by atoms with Gasteiger partial charge < -0.3 is 4.74 Å². The lowest BCUT2D eigenvalue weighted by atomic mass is 9.80. The van der Waals surface area contributed by atoms with Gasteiger partial charge >= 0.3 is 5.97 Å². The molecule has 1 heterocycles. The molecular weight excluding hydrogens is 242 g/mol. The highest BCUT2D eigenvalue weighted by molar-refractivity contribution is 5.84. The molecule has 106 valence electrons. The van der Waals surface area contributed by atoms with Crippen molar-refractivity contribution in [2.45, 2.75) is 52.7 Å². The number of amides is 1. The van der Waals surface area contributed by atoms with Crippen LogP contribution in [0, 0.1) is 11.8 Å². The summed E-state index contributed by atoms with van der Waals surface area (Å²) < 4.78 is 5.42. The van der Waals surface area contributed by atoms with E-state index in [9.17, 15) is 9.59 Å². The molecule has 0 bridgehead atoms. The molecular formula is C15H23NO3.